The highest BCUT2D eigenvalue weighted by Crippen LogP contribution is 2.27. The van der Waals surface area contributed by atoms with Gasteiger partial charge in [-0.15, -0.1) is 10.2 Å². The molecule has 5 rings (SSSR count). The van der Waals surface area contributed by atoms with Crippen molar-refractivity contribution in [2.45, 2.75) is 4.90 Å². The third-order valence-corrected chi connectivity index (χ3v) is 6.40. The van der Waals surface area contributed by atoms with Crippen molar-refractivity contribution < 1.29 is 13.3 Å². The number of fused-ring (bicyclic) bond motifs is 1. The number of benzene rings is 2. The molecule has 12 heteroatoms. The van der Waals surface area contributed by atoms with Gasteiger partial charge in [-0.25, -0.2) is 8.42 Å². The summed E-state index contributed by atoms with van der Waals surface area (Å²) in [7, 11) is -4.16. The Morgan fingerprint density at radius 3 is 2.41 bits per heavy atom. The molecule has 0 fully saturated rings. The summed E-state index contributed by atoms with van der Waals surface area (Å²) in [6.07, 6.45) is 3.33. The Bertz CT molecular complexity index is 1620. The van der Waals surface area contributed by atoms with Gasteiger partial charge in [0.15, 0.2) is 16.4 Å². The molecule has 0 radical (unpaired) electrons. The second kappa shape index (κ2) is 8.33. The summed E-state index contributed by atoms with van der Waals surface area (Å²) in [6, 6.07) is 18.9. The van der Waals surface area contributed by atoms with Gasteiger partial charge in [-0.1, -0.05) is 24.3 Å². The normalized spacial score (nSPS) is 11.4. The van der Waals surface area contributed by atoms with E-state index in [-0.39, 0.29) is 5.69 Å². The van der Waals surface area contributed by atoms with Crippen molar-refractivity contribution in [2.24, 2.45) is 0 Å². The Balaban J connectivity index is 1.44. The summed E-state index contributed by atoms with van der Waals surface area (Å²) >= 11 is 0. The molecule has 0 bridgehead atoms. The molecule has 11 nitrogen and oxygen atoms in total. The molecule has 1 N–H and O–H groups in total. The molecule has 2 aromatic carbocycles. The largest absolute Gasteiger partial charge is 0.289 e. The van der Waals surface area contributed by atoms with Gasteiger partial charge in [0.2, 0.25) is 0 Å². The Hall–Kier alpha value is -4.71. The molecule has 168 valence electrons. The first-order valence-electron chi connectivity index (χ1n) is 9.92. The van der Waals surface area contributed by atoms with Gasteiger partial charge in [0.1, 0.15) is 0 Å². The van der Waals surface area contributed by atoms with Crippen LogP contribution in [0, 0.1) is 10.1 Å². The number of nitro groups is 1. The SMILES string of the molecule is O=[N+]([O-])c1ccccc1S(=O)(=O)Nc1ccc(-c2ccc3nnc(-c4cccnc4)n3n2)cc1. The second-order valence-corrected chi connectivity index (χ2v) is 8.81. The molecule has 3 aromatic heterocycles. The standard InChI is InChI=1S/C22H15N7O4S/c30-29(31)19-5-1-2-6-20(19)34(32,33)27-17-9-7-15(8-10-17)18-11-12-21-24-25-22(28(21)26-18)16-4-3-13-23-14-16/h1-14,27H. The molecular weight excluding hydrogens is 458 g/mol. The van der Waals surface area contributed by atoms with Gasteiger partial charge in [0, 0.05) is 35.3 Å². The Kier molecular flexibility index (Phi) is 5.18. The smallest absolute Gasteiger partial charge is 0.279 e. The minimum atomic E-state index is -4.16. The van der Waals surface area contributed by atoms with Gasteiger partial charge in [-0.05, 0) is 42.5 Å². The first kappa shape index (κ1) is 21.2. The third-order valence-electron chi connectivity index (χ3n) is 4.97. The molecular formula is C22H15N7O4S. The molecule has 5 aromatic rings. The zero-order valence-electron chi connectivity index (χ0n) is 17.3. The summed E-state index contributed by atoms with van der Waals surface area (Å²) in [4.78, 5) is 14.2. The van der Waals surface area contributed by atoms with Crippen LogP contribution in [0.3, 0.4) is 0 Å². The van der Waals surface area contributed by atoms with E-state index in [1.165, 1.54) is 18.2 Å². The van der Waals surface area contributed by atoms with E-state index in [2.05, 4.69) is 25.0 Å². The van der Waals surface area contributed by atoms with Gasteiger partial charge in [0.25, 0.3) is 15.7 Å². The number of aromatic nitrogens is 5. The van der Waals surface area contributed by atoms with Gasteiger partial charge in [-0.2, -0.15) is 9.61 Å². The van der Waals surface area contributed by atoms with Crippen molar-refractivity contribution >= 4 is 27.0 Å². The Morgan fingerprint density at radius 2 is 1.68 bits per heavy atom. The van der Waals surface area contributed by atoms with Crippen LogP contribution < -0.4 is 4.72 Å². The number of para-hydroxylation sites is 1. The number of hydrogen-bond acceptors (Lipinski definition) is 8. The quantitative estimate of drug-likeness (QED) is 0.291. The molecule has 0 aliphatic carbocycles. The monoisotopic (exact) mass is 473 g/mol. The van der Waals surface area contributed by atoms with E-state index in [4.69, 9.17) is 0 Å². The van der Waals surface area contributed by atoms with Crippen LogP contribution in [-0.4, -0.2) is 38.1 Å². The van der Waals surface area contributed by atoms with E-state index in [1.807, 2.05) is 6.07 Å². The highest BCUT2D eigenvalue weighted by Gasteiger charge is 2.25. The molecule has 0 aliphatic rings. The lowest BCUT2D eigenvalue weighted by molar-refractivity contribution is -0.387. The van der Waals surface area contributed by atoms with Crippen LogP contribution in [-0.2, 0) is 10.0 Å². The maximum absolute atomic E-state index is 12.7. The van der Waals surface area contributed by atoms with Crippen LogP contribution in [0.1, 0.15) is 0 Å². The van der Waals surface area contributed by atoms with Gasteiger partial charge in [-0.3, -0.25) is 19.8 Å². The number of rotatable bonds is 6. The van der Waals surface area contributed by atoms with E-state index in [9.17, 15) is 18.5 Å². The summed E-state index contributed by atoms with van der Waals surface area (Å²) in [6.45, 7) is 0. The summed E-state index contributed by atoms with van der Waals surface area (Å²) < 4.78 is 29.4. The van der Waals surface area contributed by atoms with E-state index < -0.39 is 25.5 Å². The zero-order valence-corrected chi connectivity index (χ0v) is 18.1. The van der Waals surface area contributed by atoms with Crippen molar-refractivity contribution in [2.75, 3.05) is 4.72 Å². The first-order valence-corrected chi connectivity index (χ1v) is 11.4. The maximum atomic E-state index is 12.7. The minimum Gasteiger partial charge on any atom is -0.279 e. The van der Waals surface area contributed by atoms with Crippen LogP contribution in [0.4, 0.5) is 11.4 Å². The van der Waals surface area contributed by atoms with Crippen LogP contribution in [0.15, 0.2) is 90.1 Å². The zero-order chi connectivity index (χ0) is 23.7. The molecule has 0 saturated carbocycles. The highest BCUT2D eigenvalue weighted by atomic mass is 32.2. The molecule has 0 spiro atoms. The molecule has 0 saturated heterocycles. The average Bonchev–Trinajstić information content (AvgIpc) is 3.28. The predicted octanol–water partition coefficient (Wildman–Crippen LogP) is 3.56. The first-order chi connectivity index (χ1) is 16.4. The fourth-order valence-corrected chi connectivity index (χ4v) is 4.60. The van der Waals surface area contributed by atoms with E-state index >= 15 is 0 Å². The summed E-state index contributed by atoms with van der Waals surface area (Å²) in [5.74, 6) is 0.541. The lowest BCUT2D eigenvalue weighted by Crippen LogP contribution is -2.14. The van der Waals surface area contributed by atoms with Crippen molar-refractivity contribution in [1.82, 2.24) is 24.8 Å². The van der Waals surface area contributed by atoms with E-state index in [0.717, 1.165) is 17.2 Å². The topological polar surface area (TPSA) is 145 Å². The molecule has 0 unspecified atom stereocenters. The third kappa shape index (κ3) is 3.93. The highest BCUT2D eigenvalue weighted by molar-refractivity contribution is 7.92. The van der Waals surface area contributed by atoms with Crippen molar-refractivity contribution in [3.63, 3.8) is 0 Å². The van der Waals surface area contributed by atoms with Gasteiger partial charge in [0.05, 0.1) is 10.6 Å². The number of pyridine rings is 1. The Morgan fingerprint density at radius 1 is 0.882 bits per heavy atom. The lowest BCUT2D eigenvalue weighted by atomic mass is 10.1. The molecule has 34 heavy (non-hydrogen) atoms. The second-order valence-electron chi connectivity index (χ2n) is 7.16. The van der Waals surface area contributed by atoms with Crippen LogP contribution >= 0.6 is 0 Å². The number of nitrogens with one attached hydrogen (secondary N) is 1. The number of nitro benzene ring substituents is 1. The number of anilines is 1. The minimum absolute atomic E-state index is 0.253. The average molecular weight is 473 g/mol. The fourth-order valence-electron chi connectivity index (χ4n) is 3.37. The number of nitrogens with zero attached hydrogens (tertiary/aromatic N) is 6. The number of hydrogen-bond donors (Lipinski definition) is 1. The lowest BCUT2D eigenvalue weighted by Gasteiger charge is -2.09. The maximum Gasteiger partial charge on any atom is 0.289 e. The summed E-state index contributed by atoms with van der Waals surface area (Å²) in [5.41, 5.74) is 2.42. The number of sulfonamides is 1. The van der Waals surface area contributed by atoms with E-state index in [0.29, 0.717) is 17.2 Å². The van der Waals surface area contributed by atoms with Gasteiger partial charge >= 0.3 is 0 Å². The van der Waals surface area contributed by atoms with Crippen molar-refractivity contribution in [1.29, 1.82) is 0 Å². The molecule has 0 amide bonds. The van der Waals surface area contributed by atoms with Crippen LogP contribution in [0.5, 0.6) is 0 Å². The van der Waals surface area contributed by atoms with Crippen molar-refractivity contribution in [3.8, 4) is 22.6 Å². The predicted molar refractivity (Wildman–Crippen MR) is 123 cm³/mol. The molecule has 0 atom stereocenters. The summed E-state index contributed by atoms with van der Waals surface area (Å²) in [5, 5.41) is 24.1. The molecule has 3 heterocycles. The van der Waals surface area contributed by atoms with Crippen molar-refractivity contribution in [3.05, 3.63) is 95.3 Å². The van der Waals surface area contributed by atoms with Crippen LogP contribution in [0.2, 0.25) is 0 Å². The van der Waals surface area contributed by atoms with Crippen LogP contribution in [0.25, 0.3) is 28.3 Å². The molecule has 0 aliphatic heterocycles. The Labute approximate surface area is 192 Å². The van der Waals surface area contributed by atoms with E-state index in [1.54, 1.807) is 59.4 Å². The fraction of sp³-hybridized carbons (Fsp3) is 0. The van der Waals surface area contributed by atoms with Gasteiger partial charge < -0.3 is 0 Å².